The Morgan fingerprint density at radius 1 is 1.09 bits per heavy atom. The van der Waals surface area contributed by atoms with Crippen molar-refractivity contribution in [2.75, 3.05) is 5.73 Å². The molecule has 22 heavy (non-hydrogen) atoms. The quantitative estimate of drug-likeness (QED) is 0.627. The molecule has 0 bridgehead atoms. The van der Waals surface area contributed by atoms with Gasteiger partial charge in [-0.1, -0.05) is 30.3 Å². The number of anilines is 1. The number of nitrogens with two attached hydrogens (primary N) is 1. The number of furan rings is 1. The van der Waals surface area contributed by atoms with Gasteiger partial charge in [-0.15, -0.1) is 0 Å². The zero-order chi connectivity index (χ0) is 14.9. The van der Waals surface area contributed by atoms with Gasteiger partial charge in [0.1, 0.15) is 6.26 Å². The van der Waals surface area contributed by atoms with Crippen LogP contribution in [0.25, 0.3) is 22.9 Å². The molecular formula is C16H13N5O. The van der Waals surface area contributed by atoms with E-state index in [0.29, 0.717) is 29.7 Å². The number of nitrogen functional groups attached to an aromatic ring is 1. The summed E-state index contributed by atoms with van der Waals surface area (Å²) in [6.45, 7) is 0.661. The molecule has 6 nitrogen and oxygen atoms in total. The van der Waals surface area contributed by atoms with E-state index in [2.05, 4.69) is 27.1 Å². The average Bonchev–Trinajstić information content (AvgIpc) is 3.20. The standard InChI is InChI=1S/C16H13N5O/c17-14-13-16(20-15(19-13)12-6-7-22-9-12)21(10-18-14)8-11-4-2-1-3-5-11/h1-7,9-10H,8,17H2. The second-order valence-corrected chi connectivity index (χ2v) is 4.97. The second kappa shape index (κ2) is 5.00. The summed E-state index contributed by atoms with van der Waals surface area (Å²) in [5, 5.41) is 0. The molecule has 0 atom stereocenters. The Labute approximate surface area is 126 Å². The first-order valence-corrected chi connectivity index (χ1v) is 6.86. The van der Waals surface area contributed by atoms with Gasteiger partial charge < -0.3 is 14.7 Å². The first kappa shape index (κ1) is 12.6. The number of hydrogen-bond acceptors (Lipinski definition) is 5. The second-order valence-electron chi connectivity index (χ2n) is 4.97. The topological polar surface area (TPSA) is 82.8 Å². The lowest BCUT2D eigenvalue weighted by Gasteiger charge is -2.11. The lowest BCUT2D eigenvalue weighted by Crippen LogP contribution is -2.09. The van der Waals surface area contributed by atoms with E-state index in [1.165, 1.54) is 0 Å². The molecule has 0 fully saturated rings. The lowest BCUT2D eigenvalue weighted by atomic mass is 10.2. The van der Waals surface area contributed by atoms with Crippen molar-refractivity contribution in [1.82, 2.24) is 19.5 Å². The molecule has 2 aliphatic rings. The van der Waals surface area contributed by atoms with E-state index in [4.69, 9.17) is 10.2 Å². The molecule has 108 valence electrons. The van der Waals surface area contributed by atoms with Gasteiger partial charge in [0.15, 0.2) is 23.2 Å². The van der Waals surface area contributed by atoms with E-state index < -0.39 is 0 Å². The highest BCUT2D eigenvalue weighted by atomic mass is 16.3. The molecular weight excluding hydrogens is 278 g/mol. The minimum atomic E-state index is 0.376. The highest BCUT2D eigenvalue weighted by Crippen LogP contribution is 2.28. The Bertz CT molecular complexity index is 867. The van der Waals surface area contributed by atoms with Crippen LogP contribution < -0.4 is 5.73 Å². The van der Waals surface area contributed by atoms with Crippen LogP contribution in [0.2, 0.25) is 0 Å². The number of aromatic nitrogens is 4. The molecule has 0 unspecified atom stereocenters. The van der Waals surface area contributed by atoms with Gasteiger partial charge >= 0.3 is 0 Å². The highest BCUT2D eigenvalue weighted by Gasteiger charge is 2.20. The highest BCUT2D eigenvalue weighted by molar-refractivity contribution is 5.70. The fourth-order valence-corrected chi connectivity index (χ4v) is 2.37. The van der Waals surface area contributed by atoms with Crippen molar-refractivity contribution in [2.24, 2.45) is 0 Å². The van der Waals surface area contributed by atoms with E-state index in [9.17, 15) is 0 Å². The Balaban J connectivity index is 1.81. The van der Waals surface area contributed by atoms with Crippen molar-refractivity contribution in [2.45, 2.75) is 6.54 Å². The van der Waals surface area contributed by atoms with Crippen molar-refractivity contribution < 1.29 is 4.42 Å². The first-order chi connectivity index (χ1) is 10.8. The maximum atomic E-state index is 5.93. The maximum absolute atomic E-state index is 5.93. The summed E-state index contributed by atoms with van der Waals surface area (Å²) in [5.41, 5.74) is 8.52. The SMILES string of the molecule is Nc1ncn(Cc2ccccc2)c2nc(-c3ccoc3)nc1-2. The molecule has 3 heterocycles. The summed E-state index contributed by atoms with van der Waals surface area (Å²) < 4.78 is 7.03. The molecule has 1 aromatic carbocycles. The van der Waals surface area contributed by atoms with E-state index in [1.54, 1.807) is 18.9 Å². The summed E-state index contributed by atoms with van der Waals surface area (Å²) in [6, 6.07) is 11.9. The van der Waals surface area contributed by atoms with Crippen LogP contribution in [-0.2, 0) is 6.54 Å². The van der Waals surface area contributed by atoms with Crippen LogP contribution in [0.15, 0.2) is 59.7 Å². The fraction of sp³-hybridized carbons (Fsp3) is 0.0625. The summed E-state index contributed by atoms with van der Waals surface area (Å²) in [5.74, 6) is 1.68. The van der Waals surface area contributed by atoms with E-state index >= 15 is 0 Å². The van der Waals surface area contributed by atoms with Gasteiger partial charge in [-0.3, -0.25) is 0 Å². The molecule has 6 heteroatoms. The van der Waals surface area contributed by atoms with Crippen LogP contribution in [0.5, 0.6) is 0 Å². The third kappa shape index (κ3) is 2.10. The summed E-state index contributed by atoms with van der Waals surface area (Å²) in [6.07, 6.45) is 4.90. The van der Waals surface area contributed by atoms with Gasteiger partial charge in [-0.05, 0) is 11.6 Å². The minimum absolute atomic E-state index is 0.376. The molecule has 2 aliphatic heterocycles. The third-order valence-electron chi connectivity index (χ3n) is 3.47. The summed E-state index contributed by atoms with van der Waals surface area (Å²) >= 11 is 0. The van der Waals surface area contributed by atoms with Gasteiger partial charge in [0.25, 0.3) is 0 Å². The smallest absolute Gasteiger partial charge is 0.166 e. The van der Waals surface area contributed by atoms with E-state index in [-0.39, 0.29) is 0 Å². The normalized spacial score (nSPS) is 11.1. The van der Waals surface area contributed by atoms with Gasteiger partial charge in [-0.2, -0.15) is 0 Å². The molecule has 0 spiro atoms. The molecule has 2 aromatic rings. The van der Waals surface area contributed by atoms with Crippen molar-refractivity contribution in [3.8, 4) is 22.9 Å². The third-order valence-corrected chi connectivity index (χ3v) is 3.47. The lowest BCUT2D eigenvalue weighted by molar-refractivity contribution is 0.568. The number of hydrogen-bond donors (Lipinski definition) is 1. The Hall–Kier alpha value is -3.15. The molecule has 4 rings (SSSR count). The fourth-order valence-electron chi connectivity index (χ4n) is 2.37. The molecule has 0 amide bonds. The van der Waals surface area contributed by atoms with Crippen LogP contribution >= 0.6 is 0 Å². The van der Waals surface area contributed by atoms with Crippen LogP contribution in [0.3, 0.4) is 0 Å². The van der Waals surface area contributed by atoms with Gasteiger partial charge in [-0.25, -0.2) is 15.0 Å². The van der Waals surface area contributed by atoms with Crippen LogP contribution in [0, 0.1) is 0 Å². The van der Waals surface area contributed by atoms with Gasteiger partial charge in [0, 0.05) is 0 Å². The van der Waals surface area contributed by atoms with Crippen LogP contribution in [0.1, 0.15) is 5.56 Å². The van der Waals surface area contributed by atoms with E-state index in [0.717, 1.165) is 11.1 Å². The summed E-state index contributed by atoms with van der Waals surface area (Å²) in [7, 11) is 0. The summed E-state index contributed by atoms with van der Waals surface area (Å²) in [4.78, 5) is 13.3. The molecule has 0 saturated carbocycles. The zero-order valence-electron chi connectivity index (χ0n) is 11.7. The molecule has 0 aliphatic carbocycles. The number of benzene rings is 1. The Morgan fingerprint density at radius 2 is 1.95 bits per heavy atom. The number of fused-ring (bicyclic) bond motifs is 1. The predicted octanol–water partition coefficient (Wildman–Crippen LogP) is 2.67. The number of rotatable bonds is 3. The van der Waals surface area contributed by atoms with Crippen molar-refractivity contribution >= 4 is 5.82 Å². The van der Waals surface area contributed by atoms with Crippen molar-refractivity contribution in [3.05, 3.63) is 60.8 Å². The average molecular weight is 291 g/mol. The van der Waals surface area contributed by atoms with Crippen LogP contribution in [0.4, 0.5) is 5.82 Å². The Kier molecular flexibility index (Phi) is 2.86. The maximum Gasteiger partial charge on any atom is 0.166 e. The van der Waals surface area contributed by atoms with Gasteiger partial charge in [0.2, 0.25) is 0 Å². The monoisotopic (exact) mass is 291 g/mol. The molecule has 0 radical (unpaired) electrons. The number of nitrogens with zero attached hydrogens (tertiary/aromatic N) is 4. The number of imidazole rings is 1. The van der Waals surface area contributed by atoms with Crippen molar-refractivity contribution in [1.29, 1.82) is 0 Å². The van der Waals surface area contributed by atoms with Crippen LogP contribution in [-0.4, -0.2) is 19.5 Å². The molecule has 2 N–H and O–H groups in total. The predicted molar refractivity (Wildman–Crippen MR) is 82.1 cm³/mol. The minimum Gasteiger partial charge on any atom is -0.472 e. The zero-order valence-corrected chi connectivity index (χ0v) is 11.7. The first-order valence-electron chi connectivity index (χ1n) is 6.86. The van der Waals surface area contributed by atoms with Gasteiger partial charge in [0.05, 0.1) is 24.7 Å². The largest absolute Gasteiger partial charge is 0.472 e. The van der Waals surface area contributed by atoms with E-state index in [1.807, 2.05) is 28.8 Å². The Morgan fingerprint density at radius 3 is 2.73 bits per heavy atom. The molecule has 1 aromatic heterocycles. The van der Waals surface area contributed by atoms with Crippen molar-refractivity contribution in [3.63, 3.8) is 0 Å². The molecule has 0 saturated heterocycles.